The first-order valence-corrected chi connectivity index (χ1v) is 9.40. The molecule has 0 heterocycles. The summed E-state index contributed by atoms with van der Waals surface area (Å²) in [5.41, 5.74) is 0.309. The summed E-state index contributed by atoms with van der Waals surface area (Å²) in [4.78, 5) is 11.9. The highest BCUT2D eigenvalue weighted by Gasteiger charge is 2.52. The number of ether oxygens (including phenoxy) is 1. The van der Waals surface area contributed by atoms with Gasteiger partial charge in [0.15, 0.2) is 5.34 Å². The highest BCUT2D eigenvalue weighted by atomic mass is 31.2. The van der Waals surface area contributed by atoms with Gasteiger partial charge in [-0.1, -0.05) is 36.9 Å². The van der Waals surface area contributed by atoms with Crippen LogP contribution in [0.5, 0.6) is 0 Å². The Kier molecular flexibility index (Phi) is 7.84. The Hall–Kier alpha value is -1.46. The van der Waals surface area contributed by atoms with Gasteiger partial charge in [0.1, 0.15) is 0 Å². The average Bonchev–Trinajstić information content (AvgIpc) is 2.56. The van der Waals surface area contributed by atoms with Crippen LogP contribution in [-0.2, 0) is 28.5 Å². The SMILES string of the molecule is C=C(CC(O)(c1ccccc1)P(=O)(OCC)OCC)C(=O)OCC. The van der Waals surface area contributed by atoms with Crippen LogP contribution in [0.4, 0.5) is 0 Å². The van der Waals surface area contributed by atoms with Gasteiger partial charge in [0.25, 0.3) is 0 Å². The fraction of sp³-hybridized carbons (Fsp3) is 0.471. The van der Waals surface area contributed by atoms with Crippen LogP contribution in [-0.4, -0.2) is 30.9 Å². The molecule has 0 spiro atoms. The number of carbonyl (C=O) groups is 1. The molecule has 0 radical (unpaired) electrons. The average molecular weight is 356 g/mol. The van der Waals surface area contributed by atoms with Crippen LogP contribution in [0.15, 0.2) is 42.5 Å². The molecule has 0 saturated carbocycles. The molecule has 0 aliphatic heterocycles. The van der Waals surface area contributed by atoms with Crippen molar-refractivity contribution in [1.29, 1.82) is 0 Å². The minimum Gasteiger partial charge on any atom is -0.463 e. The predicted octanol–water partition coefficient (Wildman–Crippen LogP) is 3.61. The number of aliphatic hydroxyl groups is 1. The van der Waals surface area contributed by atoms with Crippen molar-refractivity contribution < 1.29 is 28.3 Å². The van der Waals surface area contributed by atoms with Crippen molar-refractivity contribution in [2.24, 2.45) is 0 Å². The molecule has 1 atom stereocenters. The van der Waals surface area contributed by atoms with E-state index in [0.29, 0.717) is 5.56 Å². The van der Waals surface area contributed by atoms with E-state index in [1.165, 1.54) is 0 Å². The van der Waals surface area contributed by atoms with Gasteiger partial charge in [-0.2, -0.15) is 0 Å². The van der Waals surface area contributed by atoms with Crippen LogP contribution in [0.3, 0.4) is 0 Å². The predicted molar refractivity (Wildman–Crippen MR) is 91.6 cm³/mol. The molecule has 0 saturated heterocycles. The molecule has 0 amide bonds. The van der Waals surface area contributed by atoms with Crippen LogP contribution >= 0.6 is 7.60 Å². The fourth-order valence-electron chi connectivity index (χ4n) is 2.26. The second-order valence-electron chi connectivity index (χ2n) is 5.02. The van der Waals surface area contributed by atoms with E-state index in [9.17, 15) is 14.5 Å². The molecule has 0 aliphatic carbocycles. The van der Waals surface area contributed by atoms with Crippen LogP contribution in [0.25, 0.3) is 0 Å². The maximum absolute atomic E-state index is 13.3. The lowest BCUT2D eigenvalue weighted by Crippen LogP contribution is -2.30. The number of benzene rings is 1. The van der Waals surface area contributed by atoms with Crippen molar-refractivity contribution in [2.75, 3.05) is 19.8 Å². The van der Waals surface area contributed by atoms with E-state index in [0.717, 1.165) is 0 Å². The summed E-state index contributed by atoms with van der Waals surface area (Å²) in [6.45, 7) is 8.96. The minimum atomic E-state index is -3.99. The van der Waals surface area contributed by atoms with Gasteiger partial charge in [0.05, 0.1) is 19.8 Å². The number of hydrogen-bond acceptors (Lipinski definition) is 6. The summed E-state index contributed by atoms with van der Waals surface area (Å²) in [6, 6.07) is 8.34. The van der Waals surface area contributed by atoms with Crippen LogP contribution in [0.2, 0.25) is 0 Å². The monoisotopic (exact) mass is 356 g/mol. The van der Waals surface area contributed by atoms with E-state index in [2.05, 4.69) is 6.58 Å². The molecule has 0 aromatic heterocycles. The standard InChI is InChI=1S/C17H25O6P/c1-5-21-16(18)14(4)13-17(19,15-11-9-8-10-12-15)24(20,22-6-2)23-7-3/h8-12,19H,4-7,13H2,1-3H3. The molecule has 1 unspecified atom stereocenters. The first kappa shape index (κ1) is 20.6. The summed E-state index contributed by atoms with van der Waals surface area (Å²) in [7, 11) is -3.99. The maximum Gasteiger partial charge on any atom is 0.366 e. The molecule has 6 nitrogen and oxygen atoms in total. The van der Waals surface area contributed by atoms with E-state index in [4.69, 9.17) is 13.8 Å². The van der Waals surface area contributed by atoms with E-state index in [1.54, 1.807) is 51.1 Å². The molecule has 134 valence electrons. The third kappa shape index (κ3) is 4.54. The summed E-state index contributed by atoms with van der Waals surface area (Å²) < 4.78 is 28.8. The Morgan fingerprint density at radius 1 is 1.12 bits per heavy atom. The minimum absolute atomic E-state index is 0.0113. The quantitative estimate of drug-likeness (QED) is 0.392. The highest BCUT2D eigenvalue weighted by molar-refractivity contribution is 7.54. The second-order valence-corrected chi connectivity index (χ2v) is 7.27. The summed E-state index contributed by atoms with van der Waals surface area (Å²) in [5, 5.41) is 9.23. The zero-order valence-electron chi connectivity index (χ0n) is 14.4. The third-order valence-corrected chi connectivity index (χ3v) is 5.83. The van der Waals surface area contributed by atoms with Gasteiger partial charge in [-0.3, -0.25) is 4.57 Å². The third-order valence-electron chi connectivity index (χ3n) is 3.31. The Bertz CT molecular complexity index is 590. The summed E-state index contributed by atoms with van der Waals surface area (Å²) in [5.74, 6) is -0.661. The van der Waals surface area contributed by atoms with E-state index >= 15 is 0 Å². The Morgan fingerprint density at radius 2 is 1.67 bits per heavy atom. The number of rotatable bonds is 10. The molecule has 0 bridgehead atoms. The van der Waals surface area contributed by atoms with Gasteiger partial charge < -0.3 is 18.9 Å². The van der Waals surface area contributed by atoms with Crippen molar-refractivity contribution in [3.63, 3.8) is 0 Å². The molecule has 1 rings (SSSR count). The lowest BCUT2D eigenvalue weighted by atomic mass is 10.0. The van der Waals surface area contributed by atoms with Crippen LogP contribution < -0.4 is 0 Å². The van der Waals surface area contributed by atoms with Crippen LogP contribution in [0, 0.1) is 0 Å². The van der Waals surface area contributed by atoms with E-state index in [1.807, 2.05) is 0 Å². The van der Waals surface area contributed by atoms with Crippen molar-refractivity contribution in [2.45, 2.75) is 32.5 Å². The smallest absolute Gasteiger partial charge is 0.366 e. The van der Waals surface area contributed by atoms with Gasteiger partial charge >= 0.3 is 13.6 Å². The Balaban J connectivity index is 3.33. The van der Waals surface area contributed by atoms with Gasteiger partial charge in [-0.15, -0.1) is 0 Å². The Labute approximate surface area is 143 Å². The van der Waals surface area contributed by atoms with Gasteiger partial charge in [0.2, 0.25) is 0 Å². The lowest BCUT2D eigenvalue weighted by molar-refractivity contribution is -0.139. The number of esters is 1. The summed E-state index contributed by atoms with van der Waals surface area (Å²) in [6.07, 6.45) is -0.326. The summed E-state index contributed by atoms with van der Waals surface area (Å²) >= 11 is 0. The molecule has 1 aromatic rings. The maximum atomic E-state index is 13.3. The lowest BCUT2D eigenvalue weighted by Gasteiger charge is -2.35. The molecule has 1 aromatic carbocycles. The van der Waals surface area contributed by atoms with Crippen molar-refractivity contribution in [1.82, 2.24) is 0 Å². The van der Waals surface area contributed by atoms with Crippen molar-refractivity contribution in [3.8, 4) is 0 Å². The van der Waals surface area contributed by atoms with Crippen molar-refractivity contribution >= 4 is 13.6 Å². The van der Waals surface area contributed by atoms with Gasteiger partial charge in [0, 0.05) is 12.0 Å². The Morgan fingerprint density at radius 3 is 2.12 bits per heavy atom. The zero-order valence-corrected chi connectivity index (χ0v) is 15.3. The number of hydrogen-bond donors (Lipinski definition) is 1. The van der Waals surface area contributed by atoms with Gasteiger partial charge in [-0.25, -0.2) is 4.79 Å². The van der Waals surface area contributed by atoms with E-state index < -0.39 is 18.9 Å². The van der Waals surface area contributed by atoms with E-state index in [-0.39, 0.29) is 31.8 Å². The molecular weight excluding hydrogens is 331 g/mol. The molecule has 0 fully saturated rings. The first-order chi connectivity index (χ1) is 11.3. The largest absolute Gasteiger partial charge is 0.463 e. The van der Waals surface area contributed by atoms with Crippen molar-refractivity contribution in [3.05, 3.63) is 48.0 Å². The normalized spacial score (nSPS) is 14.0. The van der Waals surface area contributed by atoms with Gasteiger partial charge in [-0.05, 0) is 26.3 Å². The molecular formula is C17H25O6P. The topological polar surface area (TPSA) is 82.1 Å². The molecule has 0 aliphatic rings. The second kappa shape index (κ2) is 9.14. The fourth-order valence-corrected chi connectivity index (χ4v) is 4.29. The molecule has 1 N–H and O–H groups in total. The number of carbonyl (C=O) groups excluding carboxylic acids is 1. The van der Waals surface area contributed by atoms with Crippen LogP contribution in [0.1, 0.15) is 32.8 Å². The first-order valence-electron chi connectivity index (χ1n) is 7.86. The molecule has 7 heteroatoms. The zero-order chi connectivity index (χ0) is 18.2. The molecule has 24 heavy (non-hydrogen) atoms. The highest BCUT2D eigenvalue weighted by Crippen LogP contribution is 2.65.